The van der Waals surface area contributed by atoms with Crippen LogP contribution in [-0.4, -0.2) is 40.5 Å². The fraction of sp³-hybridized carbons (Fsp3) is 0.700. The van der Waals surface area contributed by atoms with Crippen molar-refractivity contribution in [2.45, 2.75) is 38.6 Å². The SMILES string of the molecule is CC1CCCN1C(=O)NC(=O)CCC(=O)O. The number of aliphatic carboxylic acids is 1. The van der Waals surface area contributed by atoms with Crippen LogP contribution in [0.5, 0.6) is 0 Å². The molecule has 0 aromatic carbocycles. The molecule has 0 spiro atoms. The lowest BCUT2D eigenvalue weighted by Crippen LogP contribution is -2.44. The zero-order valence-electron chi connectivity index (χ0n) is 9.23. The van der Waals surface area contributed by atoms with Crippen LogP contribution < -0.4 is 5.32 Å². The lowest BCUT2D eigenvalue weighted by atomic mass is 10.2. The minimum absolute atomic E-state index is 0.146. The summed E-state index contributed by atoms with van der Waals surface area (Å²) in [5.41, 5.74) is 0. The third-order valence-corrected chi connectivity index (χ3v) is 2.63. The lowest BCUT2D eigenvalue weighted by Gasteiger charge is -2.21. The van der Waals surface area contributed by atoms with Crippen LogP contribution in [0.4, 0.5) is 4.79 Å². The summed E-state index contributed by atoms with van der Waals surface area (Å²) in [5.74, 6) is -1.58. The van der Waals surface area contributed by atoms with Gasteiger partial charge >= 0.3 is 12.0 Å². The number of carbonyl (C=O) groups is 3. The molecule has 0 aromatic heterocycles. The quantitative estimate of drug-likeness (QED) is 0.739. The first-order valence-corrected chi connectivity index (χ1v) is 5.33. The first-order chi connectivity index (χ1) is 7.50. The van der Waals surface area contributed by atoms with Crippen molar-refractivity contribution in [2.24, 2.45) is 0 Å². The van der Waals surface area contributed by atoms with Gasteiger partial charge in [0.2, 0.25) is 5.91 Å². The number of rotatable bonds is 3. The molecule has 0 aromatic rings. The number of urea groups is 1. The van der Waals surface area contributed by atoms with E-state index in [-0.39, 0.29) is 18.9 Å². The van der Waals surface area contributed by atoms with Crippen LogP contribution in [0.3, 0.4) is 0 Å². The normalized spacial score (nSPS) is 19.6. The van der Waals surface area contributed by atoms with Gasteiger partial charge in [0.05, 0.1) is 6.42 Å². The molecule has 16 heavy (non-hydrogen) atoms. The number of hydrogen-bond acceptors (Lipinski definition) is 3. The van der Waals surface area contributed by atoms with E-state index in [1.54, 1.807) is 4.90 Å². The smallest absolute Gasteiger partial charge is 0.324 e. The van der Waals surface area contributed by atoms with Crippen molar-refractivity contribution >= 4 is 17.9 Å². The first kappa shape index (κ1) is 12.5. The van der Waals surface area contributed by atoms with E-state index in [2.05, 4.69) is 5.32 Å². The van der Waals surface area contributed by atoms with Crippen LogP contribution in [0.25, 0.3) is 0 Å². The fourth-order valence-electron chi connectivity index (χ4n) is 1.71. The third kappa shape index (κ3) is 3.52. The van der Waals surface area contributed by atoms with Crippen LogP contribution in [0.2, 0.25) is 0 Å². The molecular formula is C10H16N2O4. The summed E-state index contributed by atoms with van der Waals surface area (Å²) in [6.07, 6.45) is 1.46. The van der Waals surface area contributed by atoms with Gasteiger partial charge in [-0.3, -0.25) is 14.9 Å². The van der Waals surface area contributed by atoms with E-state index in [4.69, 9.17) is 5.11 Å². The Kier molecular flexibility index (Phi) is 4.28. The average Bonchev–Trinajstić information content (AvgIpc) is 2.61. The summed E-state index contributed by atoms with van der Waals surface area (Å²) in [6.45, 7) is 2.58. The Morgan fingerprint density at radius 3 is 2.56 bits per heavy atom. The second-order valence-corrected chi connectivity index (χ2v) is 3.93. The van der Waals surface area contributed by atoms with Gasteiger partial charge in [-0.2, -0.15) is 0 Å². The number of carbonyl (C=O) groups excluding carboxylic acids is 2. The minimum Gasteiger partial charge on any atom is -0.481 e. The highest BCUT2D eigenvalue weighted by Gasteiger charge is 2.25. The molecule has 90 valence electrons. The minimum atomic E-state index is -1.04. The van der Waals surface area contributed by atoms with Gasteiger partial charge in [-0.05, 0) is 19.8 Å². The molecule has 1 rings (SSSR count). The highest BCUT2D eigenvalue weighted by molar-refractivity contribution is 5.95. The molecule has 2 N–H and O–H groups in total. The topological polar surface area (TPSA) is 86.7 Å². The summed E-state index contributed by atoms with van der Waals surface area (Å²) >= 11 is 0. The molecule has 1 saturated heterocycles. The first-order valence-electron chi connectivity index (χ1n) is 5.33. The monoisotopic (exact) mass is 228 g/mol. The molecule has 6 heteroatoms. The van der Waals surface area contributed by atoms with Gasteiger partial charge in [0, 0.05) is 19.0 Å². The maximum absolute atomic E-state index is 11.6. The van der Waals surface area contributed by atoms with Gasteiger partial charge < -0.3 is 10.0 Å². The van der Waals surface area contributed by atoms with Crippen LogP contribution in [-0.2, 0) is 9.59 Å². The van der Waals surface area contributed by atoms with Crippen molar-refractivity contribution in [3.63, 3.8) is 0 Å². The van der Waals surface area contributed by atoms with Gasteiger partial charge in [-0.15, -0.1) is 0 Å². The van der Waals surface area contributed by atoms with E-state index >= 15 is 0 Å². The molecule has 3 amide bonds. The summed E-state index contributed by atoms with van der Waals surface area (Å²) in [5, 5.41) is 10.6. The lowest BCUT2D eigenvalue weighted by molar-refractivity contribution is -0.138. The largest absolute Gasteiger partial charge is 0.481 e. The van der Waals surface area contributed by atoms with E-state index in [9.17, 15) is 14.4 Å². The van der Waals surface area contributed by atoms with E-state index in [1.807, 2.05) is 6.92 Å². The number of nitrogens with zero attached hydrogens (tertiary/aromatic N) is 1. The Balaban J connectivity index is 2.33. The predicted octanol–water partition coefficient (Wildman–Crippen LogP) is 0.572. The van der Waals surface area contributed by atoms with Gasteiger partial charge in [-0.25, -0.2) is 4.79 Å². The van der Waals surface area contributed by atoms with Crippen molar-refractivity contribution in [1.82, 2.24) is 10.2 Å². The van der Waals surface area contributed by atoms with Crippen LogP contribution in [0.1, 0.15) is 32.6 Å². The third-order valence-electron chi connectivity index (χ3n) is 2.63. The predicted molar refractivity (Wildman–Crippen MR) is 55.8 cm³/mol. The Hall–Kier alpha value is -1.59. The zero-order valence-corrected chi connectivity index (χ0v) is 9.23. The molecule has 6 nitrogen and oxygen atoms in total. The molecule has 0 aliphatic carbocycles. The van der Waals surface area contributed by atoms with Crippen molar-refractivity contribution < 1.29 is 19.5 Å². The second kappa shape index (κ2) is 5.48. The number of nitrogens with one attached hydrogen (secondary N) is 1. The van der Waals surface area contributed by atoms with Gasteiger partial charge in [0.15, 0.2) is 0 Å². The van der Waals surface area contributed by atoms with Crippen LogP contribution in [0, 0.1) is 0 Å². The summed E-state index contributed by atoms with van der Waals surface area (Å²) in [4.78, 5) is 34.6. The summed E-state index contributed by atoms with van der Waals surface area (Å²) in [6, 6.07) is -0.271. The molecule has 0 radical (unpaired) electrons. The van der Waals surface area contributed by atoms with Crippen LogP contribution >= 0.6 is 0 Å². The second-order valence-electron chi connectivity index (χ2n) is 3.93. The Bertz CT molecular complexity index is 303. The summed E-state index contributed by atoms with van der Waals surface area (Å²) < 4.78 is 0. The van der Waals surface area contributed by atoms with E-state index < -0.39 is 17.9 Å². The number of carboxylic acid groups (broad SMARTS) is 1. The number of hydrogen-bond donors (Lipinski definition) is 2. The van der Waals surface area contributed by atoms with E-state index in [1.165, 1.54) is 0 Å². The van der Waals surface area contributed by atoms with Crippen molar-refractivity contribution in [2.75, 3.05) is 6.54 Å². The zero-order chi connectivity index (χ0) is 12.1. The average molecular weight is 228 g/mol. The molecule has 1 fully saturated rings. The Morgan fingerprint density at radius 2 is 2.06 bits per heavy atom. The van der Waals surface area contributed by atoms with E-state index in [0.717, 1.165) is 12.8 Å². The molecule has 1 heterocycles. The maximum atomic E-state index is 11.6. The highest BCUT2D eigenvalue weighted by Crippen LogP contribution is 2.15. The van der Waals surface area contributed by atoms with Gasteiger partial charge in [-0.1, -0.05) is 0 Å². The maximum Gasteiger partial charge on any atom is 0.324 e. The number of amides is 3. The standard InChI is InChI=1S/C10H16N2O4/c1-7-3-2-6-12(7)10(16)11-8(13)4-5-9(14)15/h7H,2-6H2,1H3,(H,14,15)(H,11,13,16). The summed E-state index contributed by atoms with van der Waals surface area (Å²) in [7, 11) is 0. The highest BCUT2D eigenvalue weighted by atomic mass is 16.4. The fourth-order valence-corrected chi connectivity index (χ4v) is 1.71. The van der Waals surface area contributed by atoms with Crippen molar-refractivity contribution in [3.05, 3.63) is 0 Å². The van der Waals surface area contributed by atoms with Crippen molar-refractivity contribution in [1.29, 1.82) is 0 Å². The molecular weight excluding hydrogens is 212 g/mol. The molecule has 1 aliphatic heterocycles. The molecule has 0 bridgehead atoms. The molecule has 1 atom stereocenters. The molecule has 1 aliphatic rings. The van der Waals surface area contributed by atoms with Crippen molar-refractivity contribution in [3.8, 4) is 0 Å². The number of likely N-dealkylation sites (tertiary alicyclic amines) is 1. The number of imide groups is 1. The van der Waals surface area contributed by atoms with Gasteiger partial charge in [0.1, 0.15) is 0 Å². The van der Waals surface area contributed by atoms with E-state index in [0.29, 0.717) is 6.54 Å². The van der Waals surface area contributed by atoms with Crippen LogP contribution in [0.15, 0.2) is 0 Å². The molecule has 0 saturated carbocycles. The Labute approximate surface area is 93.6 Å². The Morgan fingerprint density at radius 1 is 1.38 bits per heavy atom. The van der Waals surface area contributed by atoms with Gasteiger partial charge in [0.25, 0.3) is 0 Å². The number of carboxylic acids is 1. The molecule has 1 unspecified atom stereocenters.